The minimum atomic E-state index is -1.36. The first-order valence-electron chi connectivity index (χ1n) is 12.9. The number of carbonyl (C=O) groups excluding carboxylic acids is 4. The fourth-order valence-corrected chi connectivity index (χ4v) is 7.17. The van der Waals surface area contributed by atoms with E-state index in [0.717, 1.165) is 0 Å². The molecular formula is C28H40O10. The van der Waals surface area contributed by atoms with E-state index in [2.05, 4.69) is 6.58 Å². The van der Waals surface area contributed by atoms with Gasteiger partial charge in [-0.05, 0) is 35.5 Å². The van der Waals surface area contributed by atoms with Crippen LogP contribution in [-0.4, -0.2) is 70.7 Å². The smallest absolute Gasteiger partial charge is 0.303 e. The van der Waals surface area contributed by atoms with Crippen molar-refractivity contribution in [2.45, 2.75) is 105 Å². The lowest BCUT2D eigenvalue weighted by Gasteiger charge is -2.61. The topological polar surface area (TPSA) is 146 Å². The van der Waals surface area contributed by atoms with Gasteiger partial charge in [-0.2, -0.15) is 0 Å². The highest BCUT2D eigenvalue weighted by atomic mass is 16.6. The lowest BCUT2D eigenvalue weighted by Crippen LogP contribution is -2.68. The number of esters is 4. The molecule has 0 aromatic carbocycles. The summed E-state index contributed by atoms with van der Waals surface area (Å²) in [5.41, 5.74) is -0.796. The van der Waals surface area contributed by atoms with Crippen LogP contribution in [0.3, 0.4) is 0 Å². The molecule has 9 unspecified atom stereocenters. The maximum absolute atomic E-state index is 12.6. The number of aliphatic hydroxyl groups excluding tert-OH is 2. The van der Waals surface area contributed by atoms with Crippen LogP contribution in [0.25, 0.3) is 0 Å². The van der Waals surface area contributed by atoms with E-state index < -0.39 is 83.2 Å². The molecule has 2 bridgehead atoms. The quantitative estimate of drug-likeness (QED) is 0.312. The lowest BCUT2D eigenvalue weighted by atomic mass is 9.48. The average Bonchev–Trinajstić information content (AvgIpc) is 2.75. The van der Waals surface area contributed by atoms with Gasteiger partial charge in [-0.15, -0.1) is 0 Å². The summed E-state index contributed by atoms with van der Waals surface area (Å²) in [7, 11) is 0. The maximum atomic E-state index is 12.6. The average molecular weight is 537 g/mol. The van der Waals surface area contributed by atoms with Gasteiger partial charge >= 0.3 is 23.9 Å². The molecule has 38 heavy (non-hydrogen) atoms. The van der Waals surface area contributed by atoms with Crippen molar-refractivity contribution in [3.63, 3.8) is 0 Å². The second kappa shape index (κ2) is 10.4. The van der Waals surface area contributed by atoms with Gasteiger partial charge in [-0.25, -0.2) is 0 Å². The number of rotatable bonds is 4. The highest BCUT2D eigenvalue weighted by Crippen LogP contribution is 2.61. The minimum Gasteiger partial charge on any atom is -0.462 e. The molecular weight excluding hydrogens is 496 g/mol. The zero-order valence-corrected chi connectivity index (χ0v) is 23.4. The van der Waals surface area contributed by atoms with Gasteiger partial charge in [0.1, 0.15) is 12.2 Å². The predicted molar refractivity (Wildman–Crippen MR) is 134 cm³/mol. The van der Waals surface area contributed by atoms with Gasteiger partial charge in [0.2, 0.25) is 0 Å². The molecule has 0 aliphatic heterocycles. The molecule has 212 valence electrons. The zero-order valence-electron chi connectivity index (χ0n) is 23.4. The van der Waals surface area contributed by atoms with E-state index in [0.29, 0.717) is 16.7 Å². The molecule has 0 amide bonds. The molecule has 0 saturated heterocycles. The van der Waals surface area contributed by atoms with E-state index in [4.69, 9.17) is 18.9 Å². The third-order valence-electron chi connectivity index (χ3n) is 8.75. The predicted octanol–water partition coefficient (Wildman–Crippen LogP) is 2.39. The maximum Gasteiger partial charge on any atom is 0.303 e. The third kappa shape index (κ3) is 5.00. The summed E-state index contributed by atoms with van der Waals surface area (Å²) >= 11 is 0. The van der Waals surface area contributed by atoms with E-state index in [1.807, 2.05) is 13.8 Å². The van der Waals surface area contributed by atoms with Gasteiger partial charge in [0.05, 0.1) is 17.6 Å². The van der Waals surface area contributed by atoms with E-state index in [-0.39, 0.29) is 12.8 Å². The number of carbonyl (C=O) groups is 4. The molecule has 2 N–H and O–H groups in total. The van der Waals surface area contributed by atoms with Crippen LogP contribution in [0.5, 0.6) is 0 Å². The van der Waals surface area contributed by atoms with E-state index in [1.165, 1.54) is 27.7 Å². The van der Waals surface area contributed by atoms with Gasteiger partial charge in [0.15, 0.2) is 12.2 Å². The molecule has 3 aliphatic carbocycles. The van der Waals surface area contributed by atoms with Gasteiger partial charge in [0, 0.05) is 46.0 Å². The largest absolute Gasteiger partial charge is 0.462 e. The number of hydrogen-bond acceptors (Lipinski definition) is 10. The third-order valence-corrected chi connectivity index (χ3v) is 8.75. The Morgan fingerprint density at radius 2 is 1.34 bits per heavy atom. The first kappa shape index (κ1) is 29.8. The Labute approximate surface area is 223 Å². The van der Waals surface area contributed by atoms with Gasteiger partial charge in [-0.1, -0.05) is 27.4 Å². The van der Waals surface area contributed by atoms with Crippen LogP contribution in [0.2, 0.25) is 0 Å². The molecule has 2 fully saturated rings. The van der Waals surface area contributed by atoms with Gasteiger partial charge < -0.3 is 29.2 Å². The standard InChI is InChI=1S/C28H40O10/c1-12-19(33)10-18-24(36-15(4)30)23-13(2)20(34)11-21(35-14(3)29)28(23,9)26(38-17(6)32)25(37-16(5)31)22(12)27(18,7)8/h18-21,23-26,33-34H,2,10-11H2,1,3-9H3. The van der Waals surface area contributed by atoms with Crippen molar-refractivity contribution in [2.24, 2.45) is 22.7 Å². The van der Waals surface area contributed by atoms with Crippen LogP contribution in [0, 0.1) is 22.7 Å². The van der Waals surface area contributed by atoms with Crippen molar-refractivity contribution in [1.29, 1.82) is 0 Å². The van der Waals surface area contributed by atoms with Crippen LogP contribution < -0.4 is 0 Å². The second-order valence-corrected chi connectivity index (χ2v) is 11.6. The van der Waals surface area contributed by atoms with Crippen molar-refractivity contribution < 1.29 is 48.3 Å². The Balaban J connectivity index is 2.49. The highest BCUT2D eigenvalue weighted by molar-refractivity contribution is 5.69. The fourth-order valence-electron chi connectivity index (χ4n) is 7.17. The molecule has 2 saturated carbocycles. The summed E-state index contributed by atoms with van der Waals surface area (Å²) < 4.78 is 23.6. The second-order valence-electron chi connectivity index (χ2n) is 11.6. The monoisotopic (exact) mass is 536 g/mol. The van der Waals surface area contributed by atoms with E-state index in [1.54, 1.807) is 13.8 Å². The summed E-state index contributed by atoms with van der Waals surface area (Å²) in [4.78, 5) is 49.8. The zero-order chi connectivity index (χ0) is 28.9. The molecule has 0 aromatic rings. The summed E-state index contributed by atoms with van der Waals surface area (Å²) in [5, 5.41) is 22.2. The number of hydrogen-bond donors (Lipinski definition) is 2. The molecule has 0 heterocycles. The van der Waals surface area contributed by atoms with Crippen molar-refractivity contribution in [3.8, 4) is 0 Å². The fraction of sp³-hybridized carbons (Fsp3) is 0.714. The number of ether oxygens (including phenoxy) is 4. The summed E-state index contributed by atoms with van der Waals surface area (Å²) in [6.45, 7) is 16.3. The molecule has 0 aromatic heterocycles. The summed E-state index contributed by atoms with van der Waals surface area (Å²) in [6.07, 6.45) is -6.36. The number of aliphatic hydroxyl groups is 2. The lowest BCUT2D eigenvalue weighted by molar-refractivity contribution is -0.228. The molecule has 3 rings (SSSR count). The van der Waals surface area contributed by atoms with Crippen molar-refractivity contribution in [2.75, 3.05) is 0 Å². The van der Waals surface area contributed by atoms with Crippen molar-refractivity contribution in [1.82, 2.24) is 0 Å². The molecule has 0 radical (unpaired) electrons. The summed E-state index contributed by atoms with van der Waals surface area (Å²) in [5.74, 6) is -3.97. The van der Waals surface area contributed by atoms with E-state index >= 15 is 0 Å². The SMILES string of the molecule is C=C1C(O)CC(OC(C)=O)C2(C)C(OC(C)=O)C(OC(C)=O)C3=C(C)C(O)CC(C(OC(C)=O)C12)C3(C)C. The Morgan fingerprint density at radius 1 is 0.816 bits per heavy atom. The molecule has 9 atom stereocenters. The molecule has 10 heteroatoms. The Kier molecular flexibility index (Phi) is 8.20. The van der Waals surface area contributed by atoms with Crippen molar-refractivity contribution in [3.05, 3.63) is 23.3 Å². The van der Waals surface area contributed by atoms with Crippen molar-refractivity contribution >= 4 is 23.9 Å². The Bertz CT molecular complexity index is 1060. The van der Waals surface area contributed by atoms with Crippen LogP contribution >= 0.6 is 0 Å². The van der Waals surface area contributed by atoms with E-state index in [9.17, 15) is 29.4 Å². The van der Waals surface area contributed by atoms with Crippen LogP contribution in [-0.2, 0) is 38.1 Å². The molecule has 3 aliphatic rings. The van der Waals surface area contributed by atoms with Crippen LogP contribution in [0.15, 0.2) is 23.3 Å². The first-order valence-corrected chi connectivity index (χ1v) is 12.9. The Hall–Kier alpha value is -2.72. The number of fused-ring (bicyclic) bond motifs is 3. The minimum absolute atomic E-state index is 0.0581. The molecule has 0 spiro atoms. The van der Waals surface area contributed by atoms with Gasteiger partial charge in [0.25, 0.3) is 0 Å². The highest BCUT2D eigenvalue weighted by Gasteiger charge is 2.67. The van der Waals surface area contributed by atoms with Crippen LogP contribution in [0.1, 0.15) is 68.2 Å². The van der Waals surface area contributed by atoms with Gasteiger partial charge in [-0.3, -0.25) is 19.2 Å². The summed E-state index contributed by atoms with van der Waals surface area (Å²) in [6, 6.07) is 0. The molecule has 10 nitrogen and oxygen atoms in total. The first-order chi connectivity index (χ1) is 17.4. The van der Waals surface area contributed by atoms with Crippen LogP contribution in [0.4, 0.5) is 0 Å². The Morgan fingerprint density at radius 3 is 1.84 bits per heavy atom. The normalized spacial score (nSPS) is 38.2.